The predicted octanol–water partition coefficient (Wildman–Crippen LogP) is -0.175. The van der Waals surface area contributed by atoms with Gasteiger partial charge >= 0.3 is 5.97 Å². The molecule has 0 radical (unpaired) electrons. The van der Waals surface area contributed by atoms with Crippen molar-refractivity contribution in [1.82, 2.24) is 0 Å². The van der Waals surface area contributed by atoms with Crippen molar-refractivity contribution in [3.63, 3.8) is 0 Å². The molecule has 0 aromatic heterocycles. The lowest BCUT2D eigenvalue weighted by atomic mass is 9.95. The molecule has 64 valence electrons. The number of carbonyl (C=O) groups is 1. The third-order valence-electron chi connectivity index (χ3n) is 1.99. The van der Waals surface area contributed by atoms with E-state index in [2.05, 4.69) is 0 Å². The molecule has 1 aliphatic heterocycles. The van der Waals surface area contributed by atoms with Crippen molar-refractivity contribution in [3.8, 4) is 0 Å². The van der Waals surface area contributed by atoms with Crippen molar-refractivity contribution >= 4 is 5.97 Å². The van der Waals surface area contributed by atoms with E-state index in [1.165, 1.54) is 0 Å². The Bertz CT molecular complexity index is 143. The summed E-state index contributed by atoms with van der Waals surface area (Å²) in [4.78, 5) is 10.4. The van der Waals surface area contributed by atoms with Crippen LogP contribution < -0.4 is 5.73 Å². The Balaban J connectivity index is 2.38. The fourth-order valence-electron chi connectivity index (χ4n) is 1.25. The molecule has 2 atom stereocenters. The molecule has 1 rings (SSSR count). The van der Waals surface area contributed by atoms with Crippen LogP contribution in [-0.2, 0) is 9.53 Å². The largest absolute Gasteiger partial charge is 0.480 e. The fraction of sp³-hybridized carbons (Fsp3) is 0.857. The number of carboxylic acid groups (broad SMARTS) is 1. The number of hydrogen-bond acceptors (Lipinski definition) is 3. The average Bonchev–Trinajstić information content (AvgIpc) is 2.05. The zero-order valence-corrected chi connectivity index (χ0v) is 6.32. The minimum absolute atomic E-state index is 0.00116. The van der Waals surface area contributed by atoms with Crippen LogP contribution in [0.5, 0.6) is 0 Å². The van der Waals surface area contributed by atoms with Crippen molar-refractivity contribution < 1.29 is 14.6 Å². The van der Waals surface area contributed by atoms with E-state index in [0.717, 1.165) is 19.4 Å². The van der Waals surface area contributed by atoms with Crippen molar-refractivity contribution in [1.29, 1.82) is 0 Å². The Morgan fingerprint density at radius 2 is 2.45 bits per heavy atom. The second-order valence-corrected chi connectivity index (χ2v) is 2.84. The molecule has 3 N–H and O–H groups in total. The topological polar surface area (TPSA) is 72.6 Å². The molecule has 4 heteroatoms. The highest BCUT2D eigenvalue weighted by Crippen LogP contribution is 2.15. The molecule has 0 aromatic rings. The zero-order chi connectivity index (χ0) is 8.27. The van der Waals surface area contributed by atoms with E-state index in [0.29, 0.717) is 6.61 Å². The van der Waals surface area contributed by atoms with Gasteiger partial charge in [0, 0.05) is 12.5 Å². The smallest absolute Gasteiger partial charge is 0.320 e. The second-order valence-electron chi connectivity index (χ2n) is 2.84. The van der Waals surface area contributed by atoms with Gasteiger partial charge in [-0.1, -0.05) is 0 Å². The lowest BCUT2D eigenvalue weighted by Gasteiger charge is -2.24. The summed E-state index contributed by atoms with van der Waals surface area (Å²) in [5.41, 5.74) is 5.41. The molecule has 0 saturated carbocycles. The number of aliphatic carboxylic acids is 1. The van der Waals surface area contributed by atoms with Crippen molar-refractivity contribution in [3.05, 3.63) is 0 Å². The van der Waals surface area contributed by atoms with Gasteiger partial charge in [-0.05, 0) is 12.8 Å². The maximum Gasteiger partial charge on any atom is 0.320 e. The Morgan fingerprint density at radius 1 is 1.73 bits per heavy atom. The van der Waals surface area contributed by atoms with Crippen LogP contribution in [0.25, 0.3) is 0 Å². The van der Waals surface area contributed by atoms with Crippen molar-refractivity contribution in [2.24, 2.45) is 11.7 Å². The molecule has 1 saturated heterocycles. The van der Waals surface area contributed by atoms with Crippen LogP contribution >= 0.6 is 0 Å². The molecule has 0 aliphatic carbocycles. The van der Waals surface area contributed by atoms with Gasteiger partial charge in [-0.2, -0.15) is 0 Å². The number of nitrogens with two attached hydrogens (primary N) is 1. The highest BCUT2D eigenvalue weighted by atomic mass is 16.5. The third-order valence-corrected chi connectivity index (χ3v) is 1.99. The molecule has 0 amide bonds. The number of hydrogen-bond donors (Lipinski definition) is 2. The molecule has 4 nitrogen and oxygen atoms in total. The first-order chi connectivity index (χ1) is 5.22. The molecular formula is C7H13NO3. The van der Waals surface area contributed by atoms with E-state index in [9.17, 15) is 4.79 Å². The van der Waals surface area contributed by atoms with E-state index >= 15 is 0 Å². The second kappa shape index (κ2) is 3.69. The predicted molar refractivity (Wildman–Crippen MR) is 39.2 cm³/mol. The summed E-state index contributed by atoms with van der Waals surface area (Å²) in [5.74, 6) is -0.929. The summed E-state index contributed by atoms with van der Waals surface area (Å²) < 4.78 is 5.11. The van der Waals surface area contributed by atoms with E-state index in [-0.39, 0.29) is 5.92 Å². The Hall–Kier alpha value is -0.610. The summed E-state index contributed by atoms with van der Waals surface area (Å²) >= 11 is 0. The SMILES string of the molecule is NC(C(=O)O)C1CCCOC1. The van der Waals surface area contributed by atoms with Crippen LogP contribution in [0.3, 0.4) is 0 Å². The minimum atomic E-state index is -0.930. The first-order valence-corrected chi connectivity index (χ1v) is 3.78. The maximum absolute atomic E-state index is 10.4. The first-order valence-electron chi connectivity index (χ1n) is 3.78. The molecule has 0 spiro atoms. The van der Waals surface area contributed by atoms with Crippen LogP contribution in [-0.4, -0.2) is 30.3 Å². The van der Waals surface area contributed by atoms with Crippen molar-refractivity contribution in [2.45, 2.75) is 18.9 Å². The van der Waals surface area contributed by atoms with Gasteiger partial charge in [-0.3, -0.25) is 4.79 Å². The molecule has 1 fully saturated rings. The lowest BCUT2D eigenvalue weighted by molar-refractivity contribution is -0.141. The number of carboxylic acids is 1. The monoisotopic (exact) mass is 159 g/mol. The van der Waals surface area contributed by atoms with E-state index in [1.807, 2.05) is 0 Å². The van der Waals surface area contributed by atoms with Gasteiger partial charge in [0.15, 0.2) is 0 Å². The van der Waals surface area contributed by atoms with Gasteiger partial charge in [-0.15, -0.1) is 0 Å². The highest BCUT2D eigenvalue weighted by Gasteiger charge is 2.25. The van der Waals surface area contributed by atoms with E-state index in [1.54, 1.807) is 0 Å². The molecule has 0 aromatic carbocycles. The van der Waals surface area contributed by atoms with Gasteiger partial charge in [0.25, 0.3) is 0 Å². The third kappa shape index (κ3) is 2.17. The van der Waals surface area contributed by atoms with Gasteiger partial charge < -0.3 is 15.6 Å². The molecular weight excluding hydrogens is 146 g/mol. The minimum Gasteiger partial charge on any atom is -0.480 e. The summed E-state index contributed by atoms with van der Waals surface area (Å²) in [6, 6.07) is -0.754. The standard InChI is InChI=1S/C7H13NO3/c8-6(7(9)10)5-2-1-3-11-4-5/h5-6H,1-4,8H2,(H,9,10). The normalized spacial score (nSPS) is 27.9. The van der Waals surface area contributed by atoms with Gasteiger partial charge in [0.1, 0.15) is 6.04 Å². The van der Waals surface area contributed by atoms with Crippen LogP contribution in [0.15, 0.2) is 0 Å². The molecule has 0 bridgehead atoms. The Kier molecular flexibility index (Phi) is 2.84. The van der Waals surface area contributed by atoms with Crippen LogP contribution in [0.2, 0.25) is 0 Å². The number of rotatable bonds is 2. The summed E-state index contributed by atoms with van der Waals surface area (Å²) in [5, 5.41) is 8.55. The molecule has 1 heterocycles. The van der Waals surface area contributed by atoms with Gasteiger partial charge in [0.05, 0.1) is 6.61 Å². The average molecular weight is 159 g/mol. The maximum atomic E-state index is 10.4. The van der Waals surface area contributed by atoms with Gasteiger partial charge in [0.2, 0.25) is 0 Å². The van der Waals surface area contributed by atoms with Crippen LogP contribution in [0.4, 0.5) is 0 Å². The van der Waals surface area contributed by atoms with E-state index in [4.69, 9.17) is 15.6 Å². The van der Waals surface area contributed by atoms with Crippen molar-refractivity contribution in [2.75, 3.05) is 13.2 Å². The Labute approximate surface area is 65.3 Å². The summed E-state index contributed by atoms with van der Waals surface area (Å²) in [6.07, 6.45) is 1.79. The quantitative estimate of drug-likeness (QED) is 0.586. The van der Waals surface area contributed by atoms with Crippen LogP contribution in [0.1, 0.15) is 12.8 Å². The first kappa shape index (κ1) is 8.49. The van der Waals surface area contributed by atoms with Crippen LogP contribution in [0, 0.1) is 5.92 Å². The molecule has 11 heavy (non-hydrogen) atoms. The summed E-state index contributed by atoms with van der Waals surface area (Å²) in [6.45, 7) is 1.23. The number of ether oxygens (including phenoxy) is 1. The Morgan fingerprint density at radius 3 is 2.91 bits per heavy atom. The lowest BCUT2D eigenvalue weighted by Crippen LogP contribution is -2.41. The van der Waals surface area contributed by atoms with E-state index < -0.39 is 12.0 Å². The van der Waals surface area contributed by atoms with Gasteiger partial charge in [-0.25, -0.2) is 0 Å². The highest BCUT2D eigenvalue weighted by molar-refractivity contribution is 5.73. The molecule has 1 aliphatic rings. The fourth-order valence-corrected chi connectivity index (χ4v) is 1.25. The summed E-state index contributed by atoms with van der Waals surface area (Å²) in [7, 11) is 0. The molecule has 2 unspecified atom stereocenters. The zero-order valence-electron chi connectivity index (χ0n) is 6.32.